The van der Waals surface area contributed by atoms with Crippen LogP contribution in [-0.4, -0.2) is 28.5 Å². The van der Waals surface area contributed by atoms with Crippen LogP contribution in [0.5, 0.6) is 0 Å². The van der Waals surface area contributed by atoms with Crippen molar-refractivity contribution in [1.82, 2.24) is 5.16 Å². The molecule has 0 saturated heterocycles. The van der Waals surface area contributed by atoms with Crippen LogP contribution in [0.2, 0.25) is 0 Å². The maximum Gasteiger partial charge on any atom is 0.280 e. The van der Waals surface area contributed by atoms with E-state index >= 15 is 0 Å². The number of para-hydroxylation sites is 1. The van der Waals surface area contributed by atoms with Gasteiger partial charge in [0.15, 0.2) is 5.69 Å². The minimum atomic E-state index is -0.224. The van der Waals surface area contributed by atoms with Gasteiger partial charge in [-0.25, -0.2) is 0 Å². The van der Waals surface area contributed by atoms with Crippen molar-refractivity contribution in [2.75, 3.05) is 11.4 Å². The Morgan fingerprint density at radius 2 is 2.21 bits per heavy atom. The Bertz CT molecular complexity index is 634. The summed E-state index contributed by atoms with van der Waals surface area (Å²) < 4.78 is 4.70. The van der Waals surface area contributed by atoms with Crippen LogP contribution in [0, 0.1) is 0 Å². The number of benzene rings is 1. The molecule has 1 aromatic carbocycles. The van der Waals surface area contributed by atoms with E-state index in [1.54, 1.807) is 4.90 Å². The van der Waals surface area contributed by atoms with Gasteiger partial charge in [-0.1, -0.05) is 28.5 Å². The summed E-state index contributed by atoms with van der Waals surface area (Å²) in [6.07, 6.45) is 1.86. The van der Waals surface area contributed by atoms with Gasteiger partial charge in [-0.15, -0.1) is 0 Å². The zero-order valence-electron chi connectivity index (χ0n) is 9.98. The van der Waals surface area contributed by atoms with Crippen LogP contribution >= 0.6 is 0 Å². The van der Waals surface area contributed by atoms with Crippen LogP contribution in [0.15, 0.2) is 46.3 Å². The van der Waals surface area contributed by atoms with Gasteiger partial charge in [0.1, 0.15) is 6.26 Å². The lowest BCUT2D eigenvalue weighted by molar-refractivity contribution is 0.0978. The number of rotatable bonds is 1. The molecule has 0 saturated carbocycles. The summed E-state index contributed by atoms with van der Waals surface area (Å²) in [7, 11) is 0. The zero-order valence-corrected chi connectivity index (χ0v) is 9.98. The fourth-order valence-electron chi connectivity index (χ4n) is 2.20. The molecule has 1 aliphatic rings. The molecule has 1 aliphatic heterocycles. The van der Waals surface area contributed by atoms with Crippen molar-refractivity contribution in [3.63, 3.8) is 0 Å². The zero-order chi connectivity index (χ0) is 13.2. The van der Waals surface area contributed by atoms with Crippen LogP contribution in [-0.2, 0) is 0 Å². The molecule has 1 aromatic heterocycles. The molecule has 1 N–H and O–H groups in total. The van der Waals surface area contributed by atoms with Gasteiger partial charge in [-0.2, -0.15) is 0 Å². The fourth-order valence-corrected chi connectivity index (χ4v) is 2.20. The lowest BCUT2D eigenvalue weighted by atomic mass is 9.99. The smallest absolute Gasteiger partial charge is 0.280 e. The van der Waals surface area contributed by atoms with E-state index in [9.17, 15) is 4.79 Å². The number of nitrogens with zero attached hydrogens (tertiary/aromatic N) is 3. The number of oxime groups is 1. The van der Waals surface area contributed by atoms with E-state index < -0.39 is 0 Å². The average molecular weight is 257 g/mol. The van der Waals surface area contributed by atoms with Gasteiger partial charge in [0.25, 0.3) is 5.91 Å². The molecule has 0 unspecified atom stereocenters. The maximum atomic E-state index is 12.3. The molecule has 0 radical (unpaired) electrons. The molecule has 2 aromatic rings. The summed E-state index contributed by atoms with van der Waals surface area (Å²) in [6, 6.07) is 8.85. The van der Waals surface area contributed by atoms with E-state index in [-0.39, 0.29) is 11.6 Å². The lowest BCUT2D eigenvalue weighted by Crippen LogP contribution is -2.37. The van der Waals surface area contributed by atoms with Gasteiger partial charge < -0.3 is 14.6 Å². The molecule has 1 amide bonds. The Balaban J connectivity index is 2.03. The predicted molar refractivity (Wildman–Crippen MR) is 67.6 cm³/mol. The average Bonchev–Trinajstić information content (AvgIpc) is 2.99. The standard InChI is InChI=1S/C13H11N3O3/c17-13(11-6-8-19-15-11)16-7-5-10(14-18)9-3-1-2-4-12(9)16/h1-4,6,8,18H,5,7H2. The number of carbonyl (C=O) groups excluding carboxylic acids is 1. The molecule has 19 heavy (non-hydrogen) atoms. The van der Waals surface area contributed by atoms with Crippen molar-refractivity contribution in [3.8, 4) is 0 Å². The van der Waals surface area contributed by atoms with E-state index in [2.05, 4.69) is 10.3 Å². The number of aromatic nitrogens is 1. The minimum absolute atomic E-state index is 0.224. The van der Waals surface area contributed by atoms with Gasteiger partial charge in [0, 0.05) is 24.6 Å². The maximum absolute atomic E-state index is 12.3. The Morgan fingerprint density at radius 1 is 1.37 bits per heavy atom. The Kier molecular flexibility index (Phi) is 2.75. The molecule has 0 fully saturated rings. The number of anilines is 1. The molecule has 3 rings (SSSR count). The Morgan fingerprint density at radius 3 is 2.95 bits per heavy atom. The third-order valence-corrected chi connectivity index (χ3v) is 3.10. The summed E-state index contributed by atoms with van der Waals surface area (Å²) in [5.74, 6) is -0.224. The highest BCUT2D eigenvalue weighted by atomic mass is 16.5. The second-order valence-electron chi connectivity index (χ2n) is 4.16. The third-order valence-electron chi connectivity index (χ3n) is 3.10. The molecule has 6 nitrogen and oxygen atoms in total. The van der Waals surface area contributed by atoms with Crippen molar-refractivity contribution in [2.45, 2.75) is 6.42 Å². The Hall–Kier alpha value is -2.63. The molecular formula is C13H11N3O3. The lowest BCUT2D eigenvalue weighted by Gasteiger charge is -2.29. The molecule has 0 atom stereocenters. The van der Waals surface area contributed by atoms with E-state index in [1.165, 1.54) is 12.3 Å². The highest BCUT2D eigenvalue weighted by Crippen LogP contribution is 2.28. The van der Waals surface area contributed by atoms with Crippen LogP contribution in [0.25, 0.3) is 0 Å². The van der Waals surface area contributed by atoms with Crippen LogP contribution in [0.4, 0.5) is 5.69 Å². The number of hydrogen-bond donors (Lipinski definition) is 1. The molecule has 2 heterocycles. The topological polar surface area (TPSA) is 78.9 Å². The van der Waals surface area contributed by atoms with Crippen LogP contribution in [0.1, 0.15) is 22.5 Å². The number of fused-ring (bicyclic) bond motifs is 1. The second-order valence-corrected chi connectivity index (χ2v) is 4.16. The third kappa shape index (κ3) is 1.87. The van der Waals surface area contributed by atoms with Crippen molar-refractivity contribution in [3.05, 3.63) is 47.9 Å². The first-order valence-electron chi connectivity index (χ1n) is 5.84. The molecule has 0 bridgehead atoms. The highest BCUT2D eigenvalue weighted by Gasteiger charge is 2.28. The van der Waals surface area contributed by atoms with E-state index in [4.69, 9.17) is 9.73 Å². The molecule has 6 heteroatoms. The molecule has 0 aliphatic carbocycles. The summed E-state index contributed by atoms with van der Waals surface area (Å²) in [4.78, 5) is 13.9. The SMILES string of the molecule is O=C(c1ccon1)N1CCC(=NO)c2ccccc21. The van der Waals surface area contributed by atoms with E-state index in [1.807, 2.05) is 24.3 Å². The van der Waals surface area contributed by atoms with Crippen molar-refractivity contribution in [1.29, 1.82) is 0 Å². The van der Waals surface area contributed by atoms with Gasteiger partial charge >= 0.3 is 0 Å². The van der Waals surface area contributed by atoms with Crippen LogP contribution in [0.3, 0.4) is 0 Å². The van der Waals surface area contributed by atoms with Gasteiger partial charge in [0.05, 0.1) is 11.4 Å². The van der Waals surface area contributed by atoms with E-state index in [0.717, 1.165) is 11.3 Å². The molecular weight excluding hydrogens is 246 g/mol. The Labute approximate surface area is 108 Å². The summed E-state index contributed by atoms with van der Waals surface area (Å²) >= 11 is 0. The first-order valence-corrected chi connectivity index (χ1v) is 5.84. The van der Waals surface area contributed by atoms with Crippen molar-refractivity contribution < 1.29 is 14.5 Å². The highest BCUT2D eigenvalue weighted by molar-refractivity contribution is 6.14. The number of amides is 1. The predicted octanol–water partition coefficient (Wildman–Crippen LogP) is 1.90. The summed E-state index contributed by atoms with van der Waals surface area (Å²) in [5.41, 5.74) is 2.32. The first-order chi connectivity index (χ1) is 9.31. The first kappa shape index (κ1) is 11.5. The minimum Gasteiger partial charge on any atom is -0.411 e. The molecule has 96 valence electrons. The normalized spacial score (nSPS) is 16.4. The van der Waals surface area contributed by atoms with Gasteiger partial charge in [-0.05, 0) is 6.07 Å². The quantitative estimate of drug-likeness (QED) is 0.625. The van der Waals surface area contributed by atoms with E-state index in [0.29, 0.717) is 18.7 Å². The summed E-state index contributed by atoms with van der Waals surface area (Å²) in [5, 5.41) is 16.0. The summed E-state index contributed by atoms with van der Waals surface area (Å²) in [6.45, 7) is 0.447. The number of hydrogen-bond acceptors (Lipinski definition) is 5. The fraction of sp³-hybridized carbons (Fsp3) is 0.154. The monoisotopic (exact) mass is 257 g/mol. The molecule has 0 spiro atoms. The largest absolute Gasteiger partial charge is 0.411 e. The van der Waals surface area contributed by atoms with Crippen molar-refractivity contribution in [2.24, 2.45) is 5.16 Å². The van der Waals surface area contributed by atoms with Crippen LogP contribution < -0.4 is 4.90 Å². The van der Waals surface area contributed by atoms with Gasteiger partial charge in [0.2, 0.25) is 0 Å². The second kappa shape index (κ2) is 4.56. The number of carbonyl (C=O) groups is 1. The van der Waals surface area contributed by atoms with Crippen molar-refractivity contribution >= 4 is 17.3 Å². The van der Waals surface area contributed by atoms with Gasteiger partial charge in [-0.3, -0.25) is 4.79 Å².